The highest BCUT2D eigenvalue weighted by atomic mass is 32.1. The van der Waals surface area contributed by atoms with E-state index >= 15 is 0 Å². The zero-order valence-electron chi connectivity index (χ0n) is 17.4. The number of aryl methyl sites for hydroxylation is 1. The molecule has 0 spiro atoms. The molecule has 0 aliphatic heterocycles. The van der Waals surface area contributed by atoms with Crippen molar-refractivity contribution < 1.29 is 4.79 Å². The third kappa shape index (κ3) is 3.30. The van der Waals surface area contributed by atoms with Crippen molar-refractivity contribution in [3.63, 3.8) is 0 Å². The fraction of sp³-hybridized carbons (Fsp3) is 0.0833. The first-order valence-corrected chi connectivity index (χ1v) is 11.2. The van der Waals surface area contributed by atoms with Crippen LogP contribution >= 0.6 is 11.3 Å². The Morgan fingerprint density at radius 3 is 2.82 bits per heavy atom. The third-order valence-corrected chi connectivity index (χ3v) is 6.94. The lowest BCUT2D eigenvalue weighted by Crippen LogP contribution is -2.13. The van der Waals surface area contributed by atoms with Gasteiger partial charge >= 0.3 is 0 Å². The van der Waals surface area contributed by atoms with E-state index in [2.05, 4.69) is 56.6 Å². The second-order valence-electron chi connectivity index (χ2n) is 7.92. The average molecular weight is 454 g/mol. The molecule has 4 heterocycles. The largest absolute Gasteiger partial charge is 0.370 e. The molecule has 0 aliphatic rings. The molecule has 6 aromatic rings. The van der Waals surface area contributed by atoms with Crippen LogP contribution in [-0.2, 0) is 11.3 Å². The van der Waals surface area contributed by atoms with E-state index < -0.39 is 0 Å². The number of carbonyl (C=O) groups is 1. The maximum Gasteiger partial charge on any atom is 0.220 e. The topological polar surface area (TPSA) is 128 Å². The summed E-state index contributed by atoms with van der Waals surface area (Å²) in [4.78, 5) is 21.2. The minimum atomic E-state index is -0.360. The number of carbonyl (C=O) groups excluding carboxylic acids is 1. The number of primary amides is 1. The predicted molar refractivity (Wildman–Crippen MR) is 132 cm³/mol. The standard InChI is InChI=1S/C24H19N7OS/c25-21(32)5-6-31-12-17(23-18(31)11-27-24(26)29-23)14-7-15-10-28-30-22(15)16(8-14)20-9-13-3-1-2-4-19(13)33-20/h1-4,7-12H,5-6H2,(H2,25,32)(H,28,30)(H2,26,27,29). The minimum Gasteiger partial charge on any atom is -0.370 e. The van der Waals surface area contributed by atoms with E-state index in [1.165, 1.54) is 10.1 Å². The number of hydrogen-bond donors (Lipinski definition) is 3. The van der Waals surface area contributed by atoms with Gasteiger partial charge in [0, 0.05) is 45.3 Å². The molecule has 0 atom stereocenters. The highest BCUT2D eigenvalue weighted by Gasteiger charge is 2.17. The van der Waals surface area contributed by atoms with Gasteiger partial charge in [0.05, 0.1) is 23.4 Å². The maximum atomic E-state index is 11.4. The summed E-state index contributed by atoms with van der Waals surface area (Å²) in [6.45, 7) is 0.441. The van der Waals surface area contributed by atoms with Crippen molar-refractivity contribution >= 4 is 55.2 Å². The van der Waals surface area contributed by atoms with Gasteiger partial charge in [-0.1, -0.05) is 18.2 Å². The molecule has 0 saturated carbocycles. The number of amides is 1. The van der Waals surface area contributed by atoms with Gasteiger partial charge in [-0.15, -0.1) is 11.3 Å². The lowest BCUT2D eigenvalue weighted by molar-refractivity contribution is -0.118. The van der Waals surface area contributed by atoms with E-state index in [1.807, 2.05) is 23.0 Å². The number of nitrogens with zero attached hydrogens (tertiary/aromatic N) is 4. The molecular formula is C24H19N7OS. The second-order valence-corrected chi connectivity index (χ2v) is 9.00. The number of benzene rings is 2. The smallest absolute Gasteiger partial charge is 0.220 e. The number of rotatable bonds is 5. The molecule has 162 valence electrons. The van der Waals surface area contributed by atoms with E-state index in [-0.39, 0.29) is 18.3 Å². The van der Waals surface area contributed by atoms with E-state index in [0.29, 0.717) is 6.54 Å². The van der Waals surface area contributed by atoms with E-state index in [1.54, 1.807) is 17.5 Å². The number of anilines is 1. The summed E-state index contributed by atoms with van der Waals surface area (Å²) in [5.74, 6) is -0.160. The molecule has 0 fully saturated rings. The van der Waals surface area contributed by atoms with Gasteiger partial charge in [0.1, 0.15) is 5.52 Å². The number of hydrogen-bond acceptors (Lipinski definition) is 6. The number of nitrogen functional groups attached to an aromatic ring is 1. The lowest BCUT2D eigenvalue weighted by Gasteiger charge is -2.06. The fourth-order valence-corrected chi connectivity index (χ4v) is 5.32. The van der Waals surface area contributed by atoms with Gasteiger partial charge in [0.15, 0.2) is 0 Å². The van der Waals surface area contributed by atoms with Crippen molar-refractivity contribution in [3.05, 3.63) is 61.1 Å². The Morgan fingerprint density at radius 2 is 1.97 bits per heavy atom. The third-order valence-electron chi connectivity index (χ3n) is 5.79. The average Bonchev–Trinajstić information content (AvgIpc) is 3.53. The zero-order valence-corrected chi connectivity index (χ0v) is 18.3. The number of nitrogens with one attached hydrogen (secondary N) is 1. The zero-order chi connectivity index (χ0) is 22.5. The van der Waals surface area contributed by atoms with Crippen LogP contribution in [0, 0.1) is 0 Å². The number of aromatic nitrogens is 5. The number of nitrogens with two attached hydrogens (primary N) is 2. The fourth-order valence-electron chi connectivity index (χ4n) is 4.23. The van der Waals surface area contributed by atoms with Gasteiger partial charge in [-0.2, -0.15) is 5.10 Å². The van der Waals surface area contributed by atoms with Crippen molar-refractivity contribution in [3.8, 4) is 21.6 Å². The van der Waals surface area contributed by atoms with Crippen molar-refractivity contribution in [2.75, 3.05) is 5.73 Å². The molecule has 9 heteroatoms. The summed E-state index contributed by atoms with van der Waals surface area (Å²) >= 11 is 1.75. The van der Waals surface area contributed by atoms with Crippen molar-refractivity contribution in [2.45, 2.75) is 13.0 Å². The first-order valence-electron chi connectivity index (χ1n) is 10.4. The van der Waals surface area contributed by atoms with Crippen molar-refractivity contribution in [2.24, 2.45) is 5.73 Å². The predicted octanol–water partition coefficient (Wildman–Crippen LogP) is 4.31. The molecule has 0 saturated heterocycles. The lowest BCUT2D eigenvalue weighted by atomic mass is 10.0. The molecule has 8 nitrogen and oxygen atoms in total. The van der Waals surface area contributed by atoms with Gasteiger partial charge in [-0.25, -0.2) is 9.97 Å². The van der Waals surface area contributed by atoms with Gasteiger partial charge in [0.25, 0.3) is 0 Å². The van der Waals surface area contributed by atoms with Crippen LogP contribution in [0.15, 0.2) is 61.1 Å². The second kappa shape index (κ2) is 7.42. The molecule has 0 radical (unpaired) electrons. The molecule has 6 rings (SSSR count). The van der Waals surface area contributed by atoms with Crippen molar-refractivity contribution in [1.29, 1.82) is 0 Å². The Bertz CT molecular complexity index is 1640. The van der Waals surface area contributed by atoms with Crippen LogP contribution in [0.3, 0.4) is 0 Å². The van der Waals surface area contributed by atoms with Crippen LogP contribution in [0.2, 0.25) is 0 Å². The highest BCUT2D eigenvalue weighted by molar-refractivity contribution is 7.22. The van der Waals surface area contributed by atoms with Crippen LogP contribution < -0.4 is 11.5 Å². The van der Waals surface area contributed by atoms with E-state index in [4.69, 9.17) is 11.5 Å². The molecule has 5 N–H and O–H groups in total. The van der Waals surface area contributed by atoms with Crippen LogP contribution in [-0.4, -0.2) is 30.6 Å². The molecule has 1 amide bonds. The molecule has 0 unspecified atom stereocenters. The first kappa shape index (κ1) is 19.4. The van der Waals surface area contributed by atoms with Gasteiger partial charge in [-0.05, 0) is 35.2 Å². The van der Waals surface area contributed by atoms with Crippen molar-refractivity contribution in [1.82, 2.24) is 24.7 Å². The van der Waals surface area contributed by atoms with E-state index in [0.717, 1.165) is 43.5 Å². The summed E-state index contributed by atoms with van der Waals surface area (Å²) in [5, 5.41) is 9.64. The summed E-state index contributed by atoms with van der Waals surface area (Å²) in [6, 6.07) is 14.8. The minimum absolute atomic E-state index is 0.200. The highest BCUT2D eigenvalue weighted by Crippen LogP contribution is 2.40. The monoisotopic (exact) mass is 453 g/mol. The molecule has 2 aromatic carbocycles. The SMILES string of the molecule is NC(=O)CCn1cc(-c2cc(-c3cc4ccccc4s3)c3[nH]ncc3c2)c2nc(N)ncc21. The molecule has 4 aromatic heterocycles. The van der Waals surface area contributed by atoms with Gasteiger partial charge in [-0.3, -0.25) is 9.89 Å². The van der Waals surface area contributed by atoms with Crippen LogP contribution in [0.5, 0.6) is 0 Å². The molecule has 33 heavy (non-hydrogen) atoms. The Balaban J connectivity index is 1.58. The van der Waals surface area contributed by atoms with Crippen LogP contribution in [0.25, 0.3) is 53.6 Å². The Morgan fingerprint density at radius 1 is 1.09 bits per heavy atom. The van der Waals surface area contributed by atoms with Crippen LogP contribution in [0.1, 0.15) is 6.42 Å². The summed E-state index contributed by atoms with van der Waals surface area (Å²) in [5.41, 5.74) is 16.8. The normalized spacial score (nSPS) is 11.6. The Hall–Kier alpha value is -4.24. The van der Waals surface area contributed by atoms with E-state index in [9.17, 15) is 4.79 Å². The molecule has 0 bridgehead atoms. The quantitative estimate of drug-likeness (QED) is 0.358. The maximum absolute atomic E-state index is 11.4. The first-order chi connectivity index (χ1) is 16.1. The number of aromatic amines is 1. The number of thiophene rings is 1. The molecule has 0 aliphatic carbocycles. The summed E-state index contributed by atoms with van der Waals surface area (Å²) < 4.78 is 3.18. The van der Waals surface area contributed by atoms with Gasteiger partial charge < -0.3 is 16.0 Å². The number of H-pyrrole nitrogens is 1. The van der Waals surface area contributed by atoms with Gasteiger partial charge in [0.2, 0.25) is 11.9 Å². The Labute approximate surface area is 191 Å². The summed E-state index contributed by atoms with van der Waals surface area (Å²) in [7, 11) is 0. The number of fused-ring (bicyclic) bond motifs is 3. The molecular weight excluding hydrogens is 434 g/mol. The summed E-state index contributed by atoms with van der Waals surface area (Å²) in [6.07, 6.45) is 5.72. The Kier molecular flexibility index (Phi) is 4.37. The van der Waals surface area contributed by atoms with Crippen LogP contribution in [0.4, 0.5) is 5.95 Å².